The van der Waals surface area contributed by atoms with Crippen molar-refractivity contribution in [1.82, 2.24) is 0 Å². The van der Waals surface area contributed by atoms with Gasteiger partial charge in [0.2, 0.25) is 0 Å². The van der Waals surface area contributed by atoms with Crippen LogP contribution in [-0.2, 0) is 6.61 Å². The van der Waals surface area contributed by atoms with Crippen molar-refractivity contribution in [1.29, 1.82) is 0 Å². The SMILES string of the molecule is COc1cccc(OCc2c(F)cccc2Cl)c1. The van der Waals surface area contributed by atoms with Crippen LogP contribution in [0.2, 0.25) is 5.02 Å². The first-order chi connectivity index (χ1) is 8.70. The molecule has 0 unspecified atom stereocenters. The largest absolute Gasteiger partial charge is 0.497 e. The minimum Gasteiger partial charge on any atom is -0.497 e. The van der Waals surface area contributed by atoms with E-state index < -0.39 is 0 Å². The fraction of sp³-hybridized carbons (Fsp3) is 0.143. The average molecular weight is 267 g/mol. The highest BCUT2D eigenvalue weighted by Gasteiger charge is 2.07. The molecule has 0 spiro atoms. The molecule has 0 bridgehead atoms. The molecule has 0 aromatic heterocycles. The van der Waals surface area contributed by atoms with Gasteiger partial charge in [0.25, 0.3) is 0 Å². The van der Waals surface area contributed by atoms with Crippen molar-refractivity contribution >= 4 is 11.6 Å². The van der Waals surface area contributed by atoms with Crippen LogP contribution in [0.15, 0.2) is 42.5 Å². The van der Waals surface area contributed by atoms with Gasteiger partial charge < -0.3 is 9.47 Å². The maximum Gasteiger partial charge on any atom is 0.131 e. The molecular weight excluding hydrogens is 255 g/mol. The van der Waals surface area contributed by atoms with Crippen LogP contribution in [0.4, 0.5) is 4.39 Å². The summed E-state index contributed by atoms with van der Waals surface area (Å²) in [6, 6.07) is 11.7. The Morgan fingerprint density at radius 2 is 1.83 bits per heavy atom. The van der Waals surface area contributed by atoms with Gasteiger partial charge in [0.1, 0.15) is 23.9 Å². The normalized spacial score (nSPS) is 10.2. The van der Waals surface area contributed by atoms with Crippen molar-refractivity contribution in [3.63, 3.8) is 0 Å². The molecule has 0 aliphatic rings. The highest BCUT2D eigenvalue weighted by Crippen LogP contribution is 2.23. The molecule has 2 aromatic carbocycles. The van der Waals surface area contributed by atoms with Gasteiger partial charge in [-0.1, -0.05) is 23.7 Å². The van der Waals surface area contributed by atoms with E-state index in [4.69, 9.17) is 21.1 Å². The van der Waals surface area contributed by atoms with E-state index in [9.17, 15) is 4.39 Å². The van der Waals surface area contributed by atoms with Gasteiger partial charge in [0, 0.05) is 11.6 Å². The van der Waals surface area contributed by atoms with E-state index >= 15 is 0 Å². The predicted molar refractivity (Wildman–Crippen MR) is 68.7 cm³/mol. The molecule has 0 N–H and O–H groups in total. The Bertz CT molecular complexity index is 523. The number of rotatable bonds is 4. The highest BCUT2D eigenvalue weighted by atomic mass is 35.5. The van der Waals surface area contributed by atoms with Crippen molar-refractivity contribution < 1.29 is 13.9 Å². The van der Waals surface area contributed by atoms with E-state index in [1.54, 1.807) is 37.4 Å². The Hall–Kier alpha value is -1.74. The zero-order valence-electron chi connectivity index (χ0n) is 9.82. The van der Waals surface area contributed by atoms with E-state index in [0.29, 0.717) is 22.1 Å². The van der Waals surface area contributed by atoms with Crippen LogP contribution in [-0.4, -0.2) is 7.11 Å². The molecule has 2 nitrogen and oxygen atoms in total. The van der Waals surface area contributed by atoms with E-state index in [0.717, 1.165) is 0 Å². The molecule has 0 radical (unpaired) electrons. The average Bonchev–Trinajstić information content (AvgIpc) is 2.38. The molecule has 4 heteroatoms. The molecule has 0 saturated heterocycles. The fourth-order valence-electron chi connectivity index (χ4n) is 1.52. The monoisotopic (exact) mass is 266 g/mol. The second-order valence-corrected chi connectivity index (χ2v) is 4.08. The van der Waals surface area contributed by atoms with Crippen molar-refractivity contribution in [3.05, 3.63) is 58.9 Å². The van der Waals surface area contributed by atoms with Crippen molar-refractivity contribution in [2.45, 2.75) is 6.61 Å². The first-order valence-corrected chi connectivity index (χ1v) is 5.78. The van der Waals surface area contributed by atoms with Gasteiger partial charge in [-0.25, -0.2) is 4.39 Å². The Morgan fingerprint density at radius 1 is 1.11 bits per heavy atom. The smallest absolute Gasteiger partial charge is 0.131 e. The summed E-state index contributed by atoms with van der Waals surface area (Å²) in [6.07, 6.45) is 0. The molecule has 18 heavy (non-hydrogen) atoms. The molecular formula is C14H12ClFO2. The first-order valence-electron chi connectivity index (χ1n) is 5.40. The fourth-order valence-corrected chi connectivity index (χ4v) is 1.73. The Labute approximate surface area is 110 Å². The van der Waals surface area contributed by atoms with Crippen LogP contribution in [0.1, 0.15) is 5.56 Å². The lowest BCUT2D eigenvalue weighted by Gasteiger charge is -2.09. The van der Waals surface area contributed by atoms with Crippen LogP contribution in [0.5, 0.6) is 11.5 Å². The number of halogens is 2. The zero-order valence-corrected chi connectivity index (χ0v) is 10.6. The van der Waals surface area contributed by atoms with Crippen LogP contribution in [0.3, 0.4) is 0 Å². The third-order valence-electron chi connectivity index (χ3n) is 2.49. The summed E-state index contributed by atoms with van der Waals surface area (Å²) in [4.78, 5) is 0. The van der Waals surface area contributed by atoms with Crippen LogP contribution >= 0.6 is 11.6 Å². The van der Waals surface area contributed by atoms with E-state index in [-0.39, 0.29) is 12.4 Å². The summed E-state index contributed by atoms with van der Waals surface area (Å²) in [7, 11) is 1.58. The topological polar surface area (TPSA) is 18.5 Å². The number of hydrogen-bond donors (Lipinski definition) is 0. The van der Waals surface area contributed by atoms with Gasteiger partial charge in [-0.15, -0.1) is 0 Å². The molecule has 0 saturated carbocycles. The summed E-state index contributed by atoms with van der Waals surface area (Å²) >= 11 is 5.91. The lowest BCUT2D eigenvalue weighted by atomic mass is 10.2. The Balaban J connectivity index is 2.11. The molecule has 0 amide bonds. The molecule has 0 fully saturated rings. The summed E-state index contributed by atoms with van der Waals surface area (Å²) in [5.41, 5.74) is 0.349. The van der Waals surface area contributed by atoms with Crippen molar-refractivity contribution in [2.75, 3.05) is 7.11 Å². The number of hydrogen-bond acceptors (Lipinski definition) is 2. The maximum atomic E-state index is 13.5. The summed E-state index contributed by atoms with van der Waals surface area (Å²) in [5.74, 6) is 0.922. The number of ether oxygens (including phenoxy) is 2. The van der Waals surface area contributed by atoms with Crippen molar-refractivity contribution in [2.24, 2.45) is 0 Å². The van der Waals surface area contributed by atoms with E-state index in [2.05, 4.69) is 0 Å². The molecule has 0 atom stereocenters. The Morgan fingerprint density at radius 3 is 2.56 bits per heavy atom. The minimum absolute atomic E-state index is 0.0820. The summed E-state index contributed by atoms with van der Waals surface area (Å²) in [5, 5.41) is 0.359. The third kappa shape index (κ3) is 2.93. The maximum absolute atomic E-state index is 13.5. The van der Waals surface area contributed by atoms with Gasteiger partial charge in [-0.3, -0.25) is 0 Å². The number of benzene rings is 2. The molecule has 0 aliphatic carbocycles. The second kappa shape index (κ2) is 5.74. The lowest BCUT2D eigenvalue weighted by Crippen LogP contribution is -1.99. The van der Waals surface area contributed by atoms with Crippen LogP contribution in [0.25, 0.3) is 0 Å². The van der Waals surface area contributed by atoms with Gasteiger partial charge >= 0.3 is 0 Å². The van der Waals surface area contributed by atoms with Crippen molar-refractivity contribution in [3.8, 4) is 11.5 Å². The minimum atomic E-state index is -0.370. The van der Waals surface area contributed by atoms with E-state index in [1.807, 2.05) is 6.07 Å². The molecule has 94 valence electrons. The lowest BCUT2D eigenvalue weighted by molar-refractivity contribution is 0.297. The molecule has 0 heterocycles. The predicted octanol–water partition coefficient (Wildman–Crippen LogP) is 4.07. The standard InChI is InChI=1S/C14H12ClFO2/c1-17-10-4-2-5-11(8-10)18-9-12-13(15)6-3-7-14(12)16/h2-8H,9H2,1H3. The Kier molecular flexibility index (Phi) is 4.05. The molecule has 2 rings (SSSR count). The summed E-state index contributed by atoms with van der Waals surface area (Å²) < 4.78 is 24.1. The molecule has 2 aromatic rings. The van der Waals surface area contributed by atoms with Gasteiger partial charge in [-0.2, -0.15) is 0 Å². The van der Waals surface area contributed by atoms with E-state index in [1.165, 1.54) is 6.07 Å². The number of methoxy groups -OCH3 is 1. The van der Waals surface area contributed by atoms with Gasteiger partial charge in [-0.05, 0) is 24.3 Å². The molecule has 0 aliphatic heterocycles. The van der Waals surface area contributed by atoms with Gasteiger partial charge in [0.05, 0.1) is 12.1 Å². The first kappa shape index (κ1) is 12.7. The zero-order chi connectivity index (χ0) is 13.0. The highest BCUT2D eigenvalue weighted by molar-refractivity contribution is 6.31. The quantitative estimate of drug-likeness (QED) is 0.831. The van der Waals surface area contributed by atoms with Crippen LogP contribution < -0.4 is 9.47 Å². The van der Waals surface area contributed by atoms with Crippen LogP contribution in [0, 0.1) is 5.82 Å². The summed E-state index contributed by atoms with van der Waals surface area (Å²) in [6.45, 7) is 0.0820. The second-order valence-electron chi connectivity index (χ2n) is 3.67. The van der Waals surface area contributed by atoms with Gasteiger partial charge in [0.15, 0.2) is 0 Å². The third-order valence-corrected chi connectivity index (χ3v) is 2.84.